The quantitative estimate of drug-likeness (QED) is 0.285. The molecule has 5 aromatic rings. The molecule has 1 amide bonds. The Morgan fingerprint density at radius 3 is 2.80 bits per heavy atom. The Morgan fingerprint density at radius 1 is 1.09 bits per heavy atom. The minimum atomic E-state index is -0.564. The van der Waals surface area contributed by atoms with Crippen molar-refractivity contribution in [3.8, 4) is 17.2 Å². The predicted molar refractivity (Wildman–Crippen MR) is 161 cm³/mol. The number of piperazine rings is 1. The van der Waals surface area contributed by atoms with Gasteiger partial charge in [0.05, 0.1) is 28.3 Å². The summed E-state index contributed by atoms with van der Waals surface area (Å²) in [6, 6.07) is 10.6. The van der Waals surface area contributed by atoms with Crippen molar-refractivity contribution >= 4 is 39.8 Å². The fourth-order valence-corrected chi connectivity index (χ4v) is 5.55. The second kappa shape index (κ2) is 10.5. The topological polar surface area (TPSA) is 119 Å². The predicted octanol–water partition coefficient (Wildman–Crippen LogP) is 5.47. The molecule has 0 radical (unpaired) electrons. The van der Waals surface area contributed by atoms with Crippen LogP contribution in [0.25, 0.3) is 16.6 Å². The second-order valence-electron chi connectivity index (χ2n) is 11.8. The SMILES string of the molecule is Cc1c(Oc2ccn3ncnc3c2)ccc(Nc2ncnc3ccc4c(c23)OC[C@@H]2CN(C(=O)OC(C)(C)C)CCN42)c1F. The smallest absolute Gasteiger partial charge is 0.410 e. The average Bonchev–Trinajstić information content (AvgIpc) is 3.47. The van der Waals surface area contributed by atoms with Crippen molar-refractivity contribution in [3.05, 3.63) is 66.6 Å². The maximum absolute atomic E-state index is 15.7. The highest BCUT2D eigenvalue weighted by Gasteiger charge is 2.37. The van der Waals surface area contributed by atoms with E-state index in [1.54, 1.807) is 46.8 Å². The molecular formula is C31H31FN8O4. The Morgan fingerprint density at radius 2 is 1.95 bits per heavy atom. The minimum Gasteiger partial charge on any atom is -0.488 e. The van der Waals surface area contributed by atoms with Crippen LogP contribution < -0.4 is 19.7 Å². The normalized spacial score (nSPS) is 16.3. The molecule has 2 aliphatic rings. The number of hydrogen-bond acceptors (Lipinski definition) is 10. The number of rotatable bonds is 4. The molecule has 226 valence electrons. The number of carbonyl (C=O) groups is 1. The van der Waals surface area contributed by atoms with Gasteiger partial charge in [0.25, 0.3) is 0 Å². The first-order chi connectivity index (χ1) is 21.1. The van der Waals surface area contributed by atoms with Crippen molar-refractivity contribution in [3.63, 3.8) is 0 Å². The fraction of sp³-hybridized carbons (Fsp3) is 0.323. The number of nitrogens with one attached hydrogen (secondary N) is 1. The molecular weight excluding hydrogens is 567 g/mol. The van der Waals surface area contributed by atoms with Crippen LogP contribution in [-0.2, 0) is 4.74 Å². The highest BCUT2D eigenvalue weighted by Crippen LogP contribution is 2.44. The van der Waals surface area contributed by atoms with E-state index in [2.05, 4.69) is 30.3 Å². The zero-order valence-corrected chi connectivity index (χ0v) is 24.7. The van der Waals surface area contributed by atoms with E-state index < -0.39 is 11.4 Å². The van der Waals surface area contributed by atoms with Crippen LogP contribution in [0.2, 0.25) is 0 Å². The molecule has 1 saturated heterocycles. The lowest BCUT2D eigenvalue weighted by molar-refractivity contribution is 0.0195. The van der Waals surface area contributed by atoms with Gasteiger partial charge in [-0.25, -0.2) is 28.7 Å². The van der Waals surface area contributed by atoms with Crippen LogP contribution >= 0.6 is 0 Å². The molecule has 1 N–H and O–H groups in total. The zero-order chi connectivity index (χ0) is 30.6. The van der Waals surface area contributed by atoms with Crippen LogP contribution in [0.5, 0.6) is 17.2 Å². The largest absolute Gasteiger partial charge is 0.488 e. The number of carbonyl (C=O) groups excluding carboxylic acids is 1. The summed E-state index contributed by atoms with van der Waals surface area (Å²) >= 11 is 0. The molecule has 0 spiro atoms. The van der Waals surface area contributed by atoms with E-state index in [9.17, 15) is 4.79 Å². The summed E-state index contributed by atoms with van der Waals surface area (Å²) in [4.78, 5) is 29.7. The summed E-state index contributed by atoms with van der Waals surface area (Å²) < 4.78 is 35.2. The molecule has 44 heavy (non-hydrogen) atoms. The van der Waals surface area contributed by atoms with Crippen LogP contribution in [0, 0.1) is 12.7 Å². The van der Waals surface area contributed by atoms with Crippen LogP contribution in [-0.4, -0.2) is 73.4 Å². The number of benzene rings is 2. The van der Waals surface area contributed by atoms with Gasteiger partial charge in [0, 0.05) is 37.5 Å². The van der Waals surface area contributed by atoms with Gasteiger partial charge in [0.15, 0.2) is 17.2 Å². The van der Waals surface area contributed by atoms with Crippen LogP contribution in [0.4, 0.5) is 26.4 Å². The Labute approximate surface area is 252 Å². The molecule has 2 aliphatic heterocycles. The number of ether oxygens (including phenoxy) is 3. The van der Waals surface area contributed by atoms with Crippen LogP contribution in [0.15, 0.2) is 55.2 Å². The monoisotopic (exact) mass is 598 g/mol. The van der Waals surface area contributed by atoms with E-state index in [1.807, 2.05) is 32.9 Å². The molecule has 0 unspecified atom stereocenters. The van der Waals surface area contributed by atoms with E-state index in [-0.39, 0.29) is 17.8 Å². The number of anilines is 3. The molecule has 1 atom stereocenters. The van der Waals surface area contributed by atoms with E-state index in [1.165, 1.54) is 12.7 Å². The maximum atomic E-state index is 15.7. The van der Waals surface area contributed by atoms with E-state index in [0.29, 0.717) is 71.4 Å². The first kappa shape index (κ1) is 27.6. The van der Waals surface area contributed by atoms with Gasteiger partial charge < -0.3 is 29.3 Å². The number of nitrogens with zero attached hydrogens (tertiary/aromatic N) is 7. The van der Waals surface area contributed by atoms with E-state index >= 15 is 4.39 Å². The van der Waals surface area contributed by atoms with E-state index in [4.69, 9.17) is 14.2 Å². The number of amides is 1. The minimum absolute atomic E-state index is 0.0413. The molecule has 13 heteroatoms. The van der Waals surface area contributed by atoms with Crippen molar-refractivity contribution in [1.82, 2.24) is 29.5 Å². The van der Waals surface area contributed by atoms with Gasteiger partial charge in [-0.15, -0.1) is 0 Å². The average molecular weight is 599 g/mol. The van der Waals surface area contributed by atoms with Gasteiger partial charge in [-0.2, -0.15) is 5.10 Å². The molecule has 5 heterocycles. The molecule has 0 saturated carbocycles. The summed E-state index contributed by atoms with van der Waals surface area (Å²) in [5, 5.41) is 7.89. The number of aromatic nitrogens is 5. The molecule has 1 fully saturated rings. The van der Waals surface area contributed by atoms with E-state index in [0.717, 1.165) is 5.69 Å². The van der Waals surface area contributed by atoms with Gasteiger partial charge in [-0.1, -0.05) is 0 Å². The van der Waals surface area contributed by atoms with Gasteiger partial charge in [0.2, 0.25) is 0 Å². The molecule has 7 rings (SSSR count). The lowest BCUT2D eigenvalue weighted by Crippen LogP contribution is -2.59. The third-order valence-electron chi connectivity index (χ3n) is 7.67. The summed E-state index contributed by atoms with van der Waals surface area (Å²) in [6.45, 7) is 9.21. The first-order valence-corrected chi connectivity index (χ1v) is 14.3. The van der Waals surface area contributed by atoms with Crippen molar-refractivity contribution in [2.24, 2.45) is 0 Å². The maximum Gasteiger partial charge on any atom is 0.410 e. The molecule has 2 aromatic carbocycles. The lowest BCUT2D eigenvalue weighted by atomic mass is 10.1. The van der Waals surface area contributed by atoms with Gasteiger partial charge >= 0.3 is 6.09 Å². The first-order valence-electron chi connectivity index (χ1n) is 14.3. The Balaban J connectivity index is 1.15. The van der Waals surface area contributed by atoms with Crippen molar-refractivity contribution in [2.75, 3.05) is 36.5 Å². The molecule has 0 aliphatic carbocycles. The van der Waals surface area contributed by atoms with Gasteiger partial charge in [0.1, 0.15) is 42.2 Å². The Kier molecular flexibility index (Phi) is 6.60. The molecule has 12 nitrogen and oxygen atoms in total. The standard InChI is InChI=1S/C31H31FN8O4/c1-18-24(43-20-9-10-40-25(13-20)34-17-36-40)8-6-22(27(18)32)37-29-26-21(33-16-35-29)5-7-23-28(26)42-15-19-14-38(11-12-39(19)23)30(41)44-31(2,3)4/h5-10,13,16-17,19H,11-12,14-15H2,1-4H3,(H,33,35,37)/t19-/m0/s1. The van der Waals surface area contributed by atoms with Crippen molar-refractivity contribution in [1.29, 1.82) is 0 Å². The van der Waals surface area contributed by atoms with Crippen molar-refractivity contribution < 1.29 is 23.4 Å². The summed E-state index contributed by atoms with van der Waals surface area (Å²) in [7, 11) is 0. The highest BCUT2D eigenvalue weighted by molar-refractivity contribution is 6.00. The third-order valence-corrected chi connectivity index (χ3v) is 7.67. The lowest BCUT2D eigenvalue weighted by Gasteiger charge is -2.45. The third kappa shape index (κ3) is 5.03. The fourth-order valence-electron chi connectivity index (χ4n) is 5.55. The Bertz CT molecular complexity index is 1910. The van der Waals surface area contributed by atoms with Crippen LogP contribution in [0.1, 0.15) is 26.3 Å². The number of halogens is 1. The number of pyridine rings is 1. The van der Waals surface area contributed by atoms with Crippen molar-refractivity contribution in [2.45, 2.75) is 39.3 Å². The summed E-state index contributed by atoms with van der Waals surface area (Å²) in [5.74, 6) is 1.46. The molecule has 0 bridgehead atoms. The highest BCUT2D eigenvalue weighted by atomic mass is 19.1. The molecule has 3 aromatic heterocycles. The number of fused-ring (bicyclic) bond motifs is 6. The zero-order valence-electron chi connectivity index (χ0n) is 24.7. The summed E-state index contributed by atoms with van der Waals surface area (Å²) in [6.07, 6.45) is 4.29. The van der Waals surface area contributed by atoms with Crippen LogP contribution in [0.3, 0.4) is 0 Å². The van der Waals surface area contributed by atoms with Gasteiger partial charge in [-0.3, -0.25) is 0 Å². The summed E-state index contributed by atoms with van der Waals surface area (Å²) in [5.41, 5.74) is 2.16. The van der Waals surface area contributed by atoms with Gasteiger partial charge in [-0.05, 0) is 58.0 Å². The Hall–Kier alpha value is -5.20. The second-order valence-corrected chi connectivity index (χ2v) is 11.8. The number of hydrogen-bond donors (Lipinski definition) is 1.